The zero-order valence-electron chi connectivity index (χ0n) is 18.1. The molecular formula is C24H20Cl2FNO6S. The lowest BCUT2D eigenvalue weighted by Gasteiger charge is -2.27. The van der Waals surface area contributed by atoms with Gasteiger partial charge in [0, 0.05) is 6.04 Å². The third kappa shape index (κ3) is 5.87. The maximum atomic E-state index is 13.3. The van der Waals surface area contributed by atoms with E-state index in [4.69, 9.17) is 37.8 Å². The maximum absolute atomic E-state index is 13.3. The van der Waals surface area contributed by atoms with E-state index in [9.17, 15) is 17.6 Å². The molecule has 1 aliphatic rings. The Kier molecular flexibility index (Phi) is 7.51. The molecule has 2 N–H and O–H groups in total. The number of hydrogen-bond donors (Lipinski definition) is 2. The molecule has 3 aromatic rings. The first kappa shape index (κ1) is 25.2. The molecule has 0 saturated carbocycles. The van der Waals surface area contributed by atoms with Crippen LogP contribution in [-0.4, -0.2) is 26.1 Å². The van der Waals surface area contributed by atoms with Crippen molar-refractivity contribution in [1.82, 2.24) is 4.72 Å². The van der Waals surface area contributed by atoms with Gasteiger partial charge in [-0.15, -0.1) is 0 Å². The van der Waals surface area contributed by atoms with Crippen LogP contribution < -0.4 is 14.2 Å². The maximum Gasteiger partial charge on any atom is 0.341 e. The van der Waals surface area contributed by atoms with Crippen LogP contribution in [-0.2, 0) is 21.2 Å². The Morgan fingerprint density at radius 1 is 1.06 bits per heavy atom. The first-order valence-corrected chi connectivity index (χ1v) is 12.8. The van der Waals surface area contributed by atoms with Gasteiger partial charge in [-0.1, -0.05) is 35.3 Å². The third-order valence-corrected chi connectivity index (χ3v) is 7.50. The van der Waals surface area contributed by atoms with Gasteiger partial charge in [-0.05, 0) is 72.9 Å². The predicted molar refractivity (Wildman–Crippen MR) is 129 cm³/mol. The number of aliphatic carboxylic acids is 1. The summed E-state index contributed by atoms with van der Waals surface area (Å²) >= 11 is 12.3. The summed E-state index contributed by atoms with van der Waals surface area (Å²) in [6.45, 7) is -0.483. The Labute approximate surface area is 211 Å². The minimum Gasteiger partial charge on any atom is -0.482 e. The van der Waals surface area contributed by atoms with Crippen LogP contribution in [0.1, 0.15) is 30.0 Å². The molecule has 1 atom stereocenters. The van der Waals surface area contributed by atoms with E-state index < -0.39 is 34.5 Å². The van der Waals surface area contributed by atoms with Crippen molar-refractivity contribution >= 4 is 39.2 Å². The second-order valence-electron chi connectivity index (χ2n) is 7.84. The van der Waals surface area contributed by atoms with Gasteiger partial charge in [0.2, 0.25) is 10.0 Å². The number of rotatable bonds is 8. The Morgan fingerprint density at radius 3 is 2.46 bits per heavy atom. The number of ether oxygens (including phenoxy) is 2. The molecule has 0 amide bonds. The summed E-state index contributed by atoms with van der Waals surface area (Å²) in [6.07, 6.45) is 1.90. The van der Waals surface area contributed by atoms with Gasteiger partial charge in [0.15, 0.2) is 6.61 Å². The molecular weight excluding hydrogens is 520 g/mol. The quantitative estimate of drug-likeness (QED) is 0.378. The van der Waals surface area contributed by atoms with E-state index in [0.29, 0.717) is 25.0 Å². The molecule has 0 aromatic heterocycles. The molecule has 3 aromatic carbocycles. The van der Waals surface area contributed by atoms with Crippen molar-refractivity contribution in [2.24, 2.45) is 0 Å². The monoisotopic (exact) mass is 539 g/mol. The molecule has 184 valence electrons. The van der Waals surface area contributed by atoms with Crippen molar-refractivity contribution in [1.29, 1.82) is 0 Å². The fourth-order valence-corrected chi connectivity index (χ4v) is 5.64. The van der Waals surface area contributed by atoms with Crippen molar-refractivity contribution in [3.05, 3.63) is 81.6 Å². The highest BCUT2D eigenvalue weighted by atomic mass is 35.5. The Balaban J connectivity index is 1.55. The minimum atomic E-state index is -3.97. The van der Waals surface area contributed by atoms with Crippen LogP contribution in [0.3, 0.4) is 0 Å². The molecule has 4 rings (SSSR count). The van der Waals surface area contributed by atoms with Gasteiger partial charge in [-0.3, -0.25) is 0 Å². The Hall–Kier alpha value is -2.85. The number of carboxylic acids is 1. The summed E-state index contributed by atoms with van der Waals surface area (Å²) in [4.78, 5) is 10.8. The van der Waals surface area contributed by atoms with Crippen molar-refractivity contribution in [2.75, 3.05) is 6.61 Å². The first-order chi connectivity index (χ1) is 16.6. The van der Waals surface area contributed by atoms with Crippen LogP contribution in [0.4, 0.5) is 4.39 Å². The van der Waals surface area contributed by atoms with Gasteiger partial charge in [0.1, 0.15) is 23.1 Å². The van der Waals surface area contributed by atoms with Crippen LogP contribution in [0.5, 0.6) is 17.2 Å². The van der Waals surface area contributed by atoms with Gasteiger partial charge in [0.25, 0.3) is 0 Å². The van der Waals surface area contributed by atoms with E-state index >= 15 is 0 Å². The third-order valence-electron chi connectivity index (χ3n) is 5.44. The summed E-state index contributed by atoms with van der Waals surface area (Å²) in [6, 6.07) is 12.3. The highest BCUT2D eigenvalue weighted by Crippen LogP contribution is 2.38. The van der Waals surface area contributed by atoms with E-state index in [-0.39, 0.29) is 26.4 Å². The van der Waals surface area contributed by atoms with E-state index in [0.717, 1.165) is 17.2 Å². The lowest BCUT2D eigenvalue weighted by atomic mass is 9.87. The smallest absolute Gasteiger partial charge is 0.341 e. The average Bonchev–Trinajstić information content (AvgIpc) is 2.80. The number of halogens is 3. The van der Waals surface area contributed by atoms with Crippen molar-refractivity contribution < 1.29 is 32.2 Å². The van der Waals surface area contributed by atoms with Gasteiger partial charge < -0.3 is 14.6 Å². The second-order valence-corrected chi connectivity index (χ2v) is 10.4. The van der Waals surface area contributed by atoms with E-state index in [1.165, 1.54) is 30.3 Å². The molecule has 0 bridgehead atoms. The summed E-state index contributed by atoms with van der Waals surface area (Å²) < 4.78 is 53.2. The number of fused-ring (bicyclic) bond motifs is 1. The number of sulfonamides is 1. The topological polar surface area (TPSA) is 102 Å². The van der Waals surface area contributed by atoms with Gasteiger partial charge in [0.05, 0.1) is 14.9 Å². The Morgan fingerprint density at radius 2 is 1.77 bits per heavy atom. The normalized spacial score (nSPS) is 15.3. The van der Waals surface area contributed by atoms with Gasteiger partial charge in [-0.25, -0.2) is 22.3 Å². The molecule has 0 fully saturated rings. The molecule has 1 aliphatic carbocycles. The molecule has 0 heterocycles. The number of benzene rings is 3. The highest BCUT2D eigenvalue weighted by Gasteiger charge is 2.28. The van der Waals surface area contributed by atoms with Crippen LogP contribution in [0, 0.1) is 5.82 Å². The van der Waals surface area contributed by atoms with Crippen LogP contribution in [0.25, 0.3) is 0 Å². The van der Waals surface area contributed by atoms with Crippen molar-refractivity contribution in [3.63, 3.8) is 0 Å². The summed E-state index contributed by atoms with van der Waals surface area (Å²) in [5.41, 5.74) is 1.52. The standard InChI is InChI=1S/C24H20Cl2FNO6S/c25-18-11-14(27)7-9-22(18)34-23-10-8-15(12-19(23)26)35(31,32)28-20-5-1-4-17-16(20)3-2-6-21(17)33-13-24(29)30/h2-3,6-12,20,28H,1,4-5,13H2,(H,29,30)/t20-/m1/s1. The lowest BCUT2D eigenvalue weighted by Crippen LogP contribution is -2.31. The molecule has 0 spiro atoms. The van der Waals surface area contributed by atoms with Gasteiger partial charge >= 0.3 is 5.97 Å². The van der Waals surface area contributed by atoms with Gasteiger partial charge in [-0.2, -0.15) is 0 Å². The van der Waals surface area contributed by atoms with E-state index in [1.54, 1.807) is 18.2 Å². The fraction of sp³-hybridized carbons (Fsp3) is 0.208. The average molecular weight is 540 g/mol. The number of nitrogens with one attached hydrogen (secondary N) is 1. The zero-order chi connectivity index (χ0) is 25.2. The SMILES string of the molecule is O=C(O)COc1cccc2c1CCC[C@H]2NS(=O)(=O)c1ccc(Oc2ccc(F)cc2Cl)c(Cl)c1. The molecule has 11 heteroatoms. The van der Waals surface area contributed by atoms with Crippen LogP contribution >= 0.6 is 23.2 Å². The van der Waals surface area contributed by atoms with E-state index in [1.807, 2.05) is 0 Å². The van der Waals surface area contributed by atoms with Crippen molar-refractivity contribution in [2.45, 2.75) is 30.2 Å². The minimum absolute atomic E-state index is 0.0293. The second kappa shape index (κ2) is 10.4. The van der Waals surface area contributed by atoms with Crippen LogP contribution in [0.15, 0.2) is 59.5 Å². The van der Waals surface area contributed by atoms with Crippen LogP contribution in [0.2, 0.25) is 10.0 Å². The first-order valence-electron chi connectivity index (χ1n) is 10.6. The molecule has 35 heavy (non-hydrogen) atoms. The molecule has 7 nitrogen and oxygen atoms in total. The lowest BCUT2D eigenvalue weighted by molar-refractivity contribution is -0.139. The fourth-order valence-electron chi connectivity index (χ4n) is 3.88. The molecule has 0 radical (unpaired) electrons. The molecule has 0 saturated heterocycles. The highest BCUT2D eigenvalue weighted by molar-refractivity contribution is 7.89. The predicted octanol–water partition coefficient (Wildman–Crippen LogP) is 5.74. The van der Waals surface area contributed by atoms with Crippen molar-refractivity contribution in [3.8, 4) is 17.2 Å². The summed E-state index contributed by atoms with van der Waals surface area (Å²) in [5, 5.41) is 8.97. The van der Waals surface area contributed by atoms with E-state index in [2.05, 4.69) is 4.72 Å². The Bertz CT molecular complexity index is 1380. The number of hydrogen-bond acceptors (Lipinski definition) is 5. The summed E-state index contributed by atoms with van der Waals surface area (Å²) in [5.74, 6) is -0.865. The number of carboxylic acid groups (broad SMARTS) is 1. The zero-order valence-corrected chi connectivity index (χ0v) is 20.5. The largest absolute Gasteiger partial charge is 0.482 e. The summed E-state index contributed by atoms with van der Waals surface area (Å²) in [7, 11) is -3.97. The molecule has 0 aliphatic heterocycles. The number of carbonyl (C=O) groups is 1. The molecule has 0 unspecified atom stereocenters.